The van der Waals surface area contributed by atoms with Crippen molar-refractivity contribution in [2.45, 2.75) is 52.0 Å². The van der Waals surface area contributed by atoms with E-state index in [0.29, 0.717) is 12.5 Å². The third kappa shape index (κ3) is 3.86. The van der Waals surface area contributed by atoms with Crippen molar-refractivity contribution in [3.8, 4) is 0 Å². The molecule has 0 radical (unpaired) electrons. The van der Waals surface area contributed by atoms with E-state index in [1.165, 1.54) is 18.4 Å². The number of amides is 1. The van der Waals surface area contributed by atoms with Crippen molar-refractivity contribution >= 4 is 5.91 Å². The Bertz CT molecular complexity index is 388. The number of aryl methyl sites for hydroxylation is 1. The Labute approximate surface area is 110 Å². The van der Waals surface area contributed by atoms with Gasteiger partial charge in [0, 0.05) is 6.04 Å². The lowest BCUT2D eigenvalue weighted by atomic mass is 9.87. The lowest BCUT2D eigenvalue weighted by Gasteiger charge is -2.26. The summed E-state index contributed by atoms with van der Waals surface area (Å²) in [6.45, 7) is 4.36. The van der Waals surface area contributed by atoms with Crippen LogP contribution in [0.5, 0.6) is 0 Å². The molecule has 2 nitrogen and oxygen atoms in total. The van der Waals surface area contributed by atoms with Gasteiger partial charge in [-0.3, -0.25) is 4.79 Å². The van der Waals surface area contributed by atoms with Gasteiger partial charge < -0.3 is 5.32 Å². The topological polar surface area (TPSA) is 29.1 Å². The molecular weight excluding hydrogens is 222 g/mol. The predicted molar refractivity (Wildman–Crippen MR) is 74.4 cm³/mol. The molecule has 0 bridgehead atoms. The summed E-state index contributed by atoms with van der Waals surface area (Å²) in [6, 6.07) is 8.60. The van der Waals surface area contributed by atoms with Crippen molar-refractivity contribution in [3.05, 3.63) is 35.4 Å². The molecule has 1 aliphatic carbocycles. The molecule has 2 heteroatoms. The second kappa shape index (κ2) is 6.03. The van der Waals surface area contributed by atoms with Gasteiger partial charge in [0.25, 0.3) is 0 Å². The number of hydrogen-bond donors (Lipinski definition) is 1. The van der Waals surface area contributed by atoms with Gasteiger partial charge in [0.2, 0.25) is 5.91 Å². The van der Waals surface area contributed by atoms with E-state index in [0.717, 1.165) is 24.3 Å². The molecule has 18 heavy (non-hydrogen) atoms. The maximum atomic E-state index is 11.9. The second-order valence-corrected chi connectivity index (χ2v) is 5.69. The Morgan fingerprint density at radius 2 is 1.78 bits per heavy atom. The van der Waals surface area contributed by atoms with Crippen LogP contribution in [0.3, 0.4) is 0 Å². The van der Waals surface area contributed by atoms with Crippen molar-refractivity contribution in [2.24, 2.45) is 5.92 Å². The van der Waals surface area contributed by atoms with Crippen LogP contribution < -0.4 is 5.32 Å². The Morgan fingerprint density at radius 3 is 2.39 bits per heavy atom. The summed E-state index contributed by atoms with van der Waals surface area (Å²) >= 11 is 0. The minimum Gasteiger partial charge on any atom is -0.353 e. The summed E-state index contributed by atoms with van der Waals surface area (Å²) in [7, 11) is 0. The highest BCUT2D eigenvalue weighted by Crippen LogP contribution is 2.23. The van der Waals surface area contributed by atoms with Gasteiger partial charge in [-0.05, 0) is 44.1 Å². The zero-order valence-electron chi connectivity index (χ0n) is 11.4. The van der Waals surface area contributed by atoms with Gasteiger partial charge in [-0.2, -0.15) is 0 Å². The molecular formula is C16H23NO. The van der Waals surface area contributed by atoms with E-state index in [-0.39, 0.29) is 5.91 Å². The van der Waals surface area contributed by atoms with Crippen LogP contribution in [0.25, 0.3) is 0 Å². The molecule has 98 valence electrons. The number of nitrogens with one attached hydrogen (secondary N) is 1. The first kappa shape index (κ1) is 13.1. The average molecular weight is 245 g/mol. The summed E-state index contributed by atoms with van der Waals surface area (Å²) in [5.74, 6) is 0.994. The zero-order chi connectivity index (χ0) is 13.0. The van der Waals surface area contributed by atoms with Gasteiger partial charge in [0.05, 0.1) is 6.42 Å². The van der Waals surface area contributed by atoms with Crippen LogP contribution in [-0.4, -0.2) is 11.9 Å². The van der Waals surface area contributed by atoms with Crippen LogP contribution in [-0.2, 0) is 11.2 Å². The van der Waals surface area contributed by atoms with Gasteiger partial charge in [0.1, 0.15) is 0 Å². The van der Waals surface area contributed by atoms with E-state index >= 15 is 0 Å². The van der Waals surface area contributed by atoms with Crippen molar-refractivity contribution in [1.29, 1.82) is 0 Å². The molecule has 1 fully saturated rings. The number of rotatable bonds is 3. The standard InChI is InChI=1S/C16H23NO/c1-12-3-7-14(8-4-12)11-16(18)17-15-9-5-13(2)6-10-15/h3-4,7-8,13,15H,5-6,9-11H2,1-2H3,(H,17,18). The lowest BCUT2D eigenvalue weighted by Crippen LogP contribution is -2.38. The van der Waals surface area contributed by atoms with Gasteiger partial charge in [-0.25, -0.2) is 0 Å². The van der Waals surface area contributed by atoms with Crippen LogP contribution >= 0.6 is 0 Å². The summed E-state index contributed by atoms with van der Waals surface area (Å²) in [5.41, 5.74) is 2.34. The number of carbonyl (C=O) groups is 1. The van der Waals surface area contributed by atoms with E-state index in [2.05, 4.69) is 31.3 Å². The van der Waals surface area contributed by atoms with E-state index < -0.39 is 0 Å². The minimum atomic E-state index is 0.165. The Hall–Kier alpha value is -1.31. The fraction of sp³-hybridized carbons (Fsp3) is 0.562. The fourth-order valence-electron chi connectivity index (χ4n) is 2.57. The molecule has 1 saturated carbocycles. The molecule has 1 amide bonds. The fourth-order valence-corrected chi connectivity index (χ4v) is 2.57. The summed E-state index contributed by atoms with van der Waals surface area (Å²) in [4.78, 5) is 11.9. The molecule has 0 atom stereocenters. The SMILES string of the molecule is Cc1ccc(CC(=O)NC2CCC(C)CC2)cc1. The molecule has 0 unspecified atom stereocenters. The molecule has 0 heterocycles. The molecule has 1 aliphatic rings. The highest BCUT2D eigenvalue weighted by atomic mass is 16.1. The van der Waals surface area contributed by atoms with Gasteiger partial charge >= 0.3 is 0 Å². The molecule has 0 saturated heterocycles. The van der Waals surface area contributed by atoms with Crippen LogP contribution in [0.1, 0.15) is 43.7 Å². The smallest absolute Gasteiger partial charge is 0.224 e. The highest BCUT2D eigenvalue weighted by molar-refractivity contribution is 5.78. The monoisotopic (exact) mass is 245 g/mol. The lowest BCUT2D eigenvalue weighted by molar-refractivity contribution is -0.121. The molecule has 1 aromatic rings. The van der Waals surface area contributed by atoms with Crippen molar-refractivity contribution in [3.63, 3.8) is 0 Å². The zero-order valence-corrected chi connectivity index (χ0v) is 11.4. The number of hydrogen-bond acceptors (Lipinski definition) is 1. The highest BCUT2D eigenvalue weighted by Gasteiger charge is 2.19. The van der Waals surface area contributed by atoms with Gasteiger partial charge in [-0.15, -0.1) is 0 Å². The number of benzene rings is 1. The maximum Gasteiger partial charge on any atom is 0.224 e. The summed E-state index contributed by atoms with van der Waals surface area (Å²) < 4.78 is 0. The Morgan fingerprint density at radius 1 is 1.17 bits per heavy atom. The van der Waals surface area contributed by atoms with E-state index in [1.807, 2.05) is 12.1 Å². The first-order valence-electron chi connectivity index (χ1n) is 6.98. The number of carbonyl (C=O) groups excluding carboxylic acids is 1. The van der Waals surface area contributed by atoms with Crippen LogP contribution in [0.2, 0.25) is 0 Å². The van der Waals surface area contributed by atoms with Crippen LogP contribution in [0, 0.1) is 12.8 Å². The van der Waals surface area contributed by atoms with Crippen LogP contribution in [0.4, 0.5) is 0 Å². The quantitative estimate of drug-likeness (QED) is 0.870. The first-order valence-corrected chi connectivity index (χ1v) is 6.98. The third-order valence-electron chi connectivity index (χ3n) is 3.87. The van der Waals surface area contributed by atoms with Crippen molar-refractivity contribution in [1.82, 2.24) is 5.32 Å². The molecule has 1 aromatic carbocycles. The molecule has 2 rings (SSSR count). The van der Waals surface area contributed by atoms with Gasteiger partial charge in [0.15, 0.2) is 0 Å². The molecule has 0 aliphatic heterocycles. The first-order chi connectivity index (χ1) is 8.63. The largest absolute Gasteiger partial charge is 0.353 e. The average Bonchev–Trinajstić information content (AvgIpc) is 2.35. The van der Waals surface area contributed by atoms with Crippen molar-refractivity contribution < 1.29 is 4.79 Å². The van der Waals surface area contributed by atoms with Crippen LogP contribution in [0.15, 0.2) is 24.3 Å². The van der Waals surface area contributed by atoms with Gasteiger partial charge in [-0.1, -0.05) is 36.8 Å². The molecule has 0 spiro atoms. The van der Waals surface area contributed by atoms with E-state index in [4.69, 9.17) is 0 Å². The third-order valence-corrected chi connectivity index (χ3v) is 3.87. The Balaban J connectivity index is 1.80. The molecule has 0 aromatic heterocycles. The summed E-state index contributed by atoms with van der Waals surface area (Å²) in [6.07, 6.45) is 5.28. The normalized spacial score (nSPS) is 23.7. The second-order valence-electron chi connectivity index (χ2n) is 5.69. The minimum absolute atomic E-state index is 0.165. The predicted octanol–water partition coefficient (Wildman–Crippen LogP) is 3.23. The Kier molecular flexibility index (Phi) is 4.40. The maximum absolute atomic E-state index is 11.9. The molecule has 1 N–H and O–H groups in total. The van der Waals surface area contributed by atoms with E-state index in [9.17, 15) is 4.79 Å². The van der Waals surface area contributed by atoms with Crippen molar-refractivity contribution in [2.75, 3.05) is 0 Å². The summed E-state index contributed by atoms with van der Waals surface area (Å²) in [5, 5.41) is 3.16. The van der Waals surface area contributed by atoms with E-state index in [1.54, 1.807) is 0 Å².